The molecule has 0 saturated heterocycles. The maximum Gasteiger partial charge on any atom is 0.337 e. The molecule has 1 aliphatic carbocycles. The SMILES string of the molecule is COc1ccc(-n2c(=O)c3c4c(sc3n(Cc3ccc(Cl)cc3Cl)c2=O)CCCC4)cc1. The van der Waals surface area contributed by atoms with Crippen LogP contribution in [0.25, 0.3) is 15.9 Å². The van der Waals surface area contributed by atoms with Crippen LogP contribution in [0.1, 0.15) is 28.8 Å². The van der Waals surface area contributed by atoms with Crippen molar-refractivity contribution < 1.29 is 4.74 Å². The minimum Gasteiger partial charge on any atom is -0.497 e. The van der Waals surface area contributed by atoms with E-state index in [1.165, 1.54) is 9.44 Å². The number of aryl methyl sites for hydroxylation is 2. The van der Waals surface area contributed by atoms with Gasteiger partial charge in [0, 0.05) is 14.9 Å². The summed E-state index contributed by atoms with van der Waals surface area (Å²) in [6.07, 6.45) is 3.93. The molecule has 32 heavy (non-hydrogen) atoms. The third-order valence-electron chi connectivity index (χ3n) is 5.91. The van der Waals surface area contributed by atoms with E-state index in [1.807, 2.05) is 6.07 Å². The number of benzene rings is 2. The van der Waals surface area contributed by atoms with Gasteiger partial charge in [-0.2, -0.15) is 0 Å². The lowest BCUT2D eigenvalue weighted by Crippen LogP contribution is -2.39. The van der Waals surface area contributed by atoms with Gasteiger partial charge in [-0.3, -0.25) is 9.36 Å². The number of rotatable bonds is 4. The minimum absolute atomic E-state index is 0.251. The third-order valence-corrected chi connectivity index (χ3v) is 7.81. The molecule has 164 valence electrons. The van der Waals surface area contributed by atoms with E-state index < -0.39 is 5.69 Å². The summed E-state index contributed by atoms with van der Waals surface area (Å²) in [5, 5.41) is 1.66. The number of aromatic nitrogens is 2. The number of ether oxygens (including phenoxy) is 1. The molecule has 0 radical (unpaired) electrons. The van der Waals surface area contributed by atoms with Gasteiger partial charge >= 0.3 is 5.69 Å². The minimum atomic E-state index is -0.391. The van der Waals surface area contributed by atoms with E-state index in [4.69, 9.17) is 27.9 Å². The summed E-state index contributed by atoms with van der Waals surface area (Å²) in [4.78, 5) is 29.2. The van der Waals surface area contributed by atoms with E-state index in [-0.39, 0.29) is 12.1 Å². The van der Waals surface area contributed by atoms with Crippen molar-refractivity contribution in [3.8, 4) is 11.4 Å². The standard InChI is InChI=1S/C24H20Cl2N2O3S/c1-31-17-10-8-16(9-11-17)28-22(29)21-18-4-2-3-5-20(18)32-23(21)27(24(28)30)13-14-6-7-15(25)12-19(14)26/h6-12H,2-5,13H2,1H3. The van der Waals surface area contributed by atoms with Crippen LogP contribution in [0, 0.1) is 0 Å². The normalized spacial score (nSPS) is 13.3. The first-order valence-corrected chi connectivity index (χ1v) is 11.9. The molecule has 2 heterocycles. The molecule has 0 aliphatic heterocycles. The highest BCUT2D eigenvalue weighted by Crippen LogP contribution is 2.35. The monoisotopic (exact) mass is 486 g/mol. The highest BCUT2D eigenvalue weighted by atomic mass is 35.5. The fourth-order valence-corrected chi connectivity index (χ4v) is 6.13. The predicted molar refractivity (Wildman–Crippen MR) is 130 cm³/mol. The molecule has 5 rings (SSSR count). The second kappa shape index (κ2) is 8.43. The molecule has 0 saturated carbocycles. The maximum absolute atomic E-state index is 13.7. The molecular formula is C24H20Cl2N2O3S. The van der Waals surface area contributed by atoms with Crippen molar-refractivity contribution in [2.75, 3.05) is 7.11 Å². The van der Waals surface area contributed by atoms with E-state index in [0.29, 0.717) is 31.7 Å². The van der Waals surface area contributed by atoms with Crippen LogP contribution in [0.3, 0.4) is 0 Å². The van der Waals surface area contributed by atoms with Crippen LogP contribution in [0.2, 0.25) is 10.0 Å². The summed E-state index contributed by atoms with van der Waals surface area (Å²) >= 11 is 14.0. The molecule has 2 aromatic heterocycles. The maximum atomic E-state index is 13.7. The van der Waals surface area contributed by atoms with Gasteiger partial charge in [0.1, 0.15) is 10.6 Å². The molecule has 0 fully saturated rings. The summed E-state index contributed by atoms with van der Waals surface area (Å²) in [5.41, 5.74) is 1.70. The van der Waals surface area contributed by atoms with Gasteiger partial charge in [0.15, 0.2) is 0 Å². The van der Waals surface area contributed by atoms with Gasteiger partial charge in [-0.25, -0.2) is 9.36 Å². The lowest BCUT2D eigenvalue weighted by Gasteiger charge is -2.14. The van der Waals surface area contributed by atoms with E-state index >= 15 is 0 Å². The van der Waals surface area contributed by atoms with Gasteiger partial charge in [0.2, 0.25) is 0 Å². The highest BCUT2D eigenvalue weighted by Gasteiger charge is 2.24. The Bertz CT molecular complexity index is 1450. The van der Waals surface area contributed by atoms with Crippen molar-refractivity contribution >= 4 is 44.8 Å². The highest BCUT2D eigenvalue weighted by molar-refractivity contribution is 7.18. The molecule has 4 aromatic rings. The zero-order valence-electron chi connectivity index (χ0n) is 17.4. The molecule has 8 heteroatoms. The molecule has 0 bridgehead atoms. The van der Waals surface area contributed by atoms with Crippen LogP contribution in [0.5, 0.6) is 5.75 Å². The van der Waals surface area contributed by atoms with Crippen LogP contribution < -0.4 is 16.0 Å². The molecule has 0 N–H and O–H groups in total. The Morgan fingerprint density at radius 2 is 1.78 bits per heavy atom. The Balaban J connectivity index is 1.80. The average molecular weight is 487 g/mol. The number of thiophene rings is 1. The number of nitrogens with zero attached hydrogens (tertiary/aromatic N) is 2. The van der Waals surface area contributed by atoms with Crippen LogP contribution in [0.15, 0.2) is 52.1 Å². The first-order chi connectivity index (χ1) is 15.5. The summed E-state index contributed by atoms with van der Waals surface area (Å²) < 4.78 is 8.15. The Morgan fingerprint density at radius 3 is 2.50 bits per heavy atom. The van der Waals surface area contributed by atoms with Crippen molar-refractivity contribution in [3.63, 3.8) is 0 Å². The van der Waals surface area contributed by atoms with Crippen molar-refractivity contribution in [1.29, 1.82) is 0 Å². The summed E-state index contributed by atoms with van der Waals surface area (Å²) in [6.45, 7) is 0.251. The molecule has 5 nitrogen and oxygen atoms in total. The largest absolute Gasteiger partial charge is 0.497 e. The zero-order chi connectivity index (χ0) is 22.4. The number of hydrogen-bond donors (Lipinski definition) is 0. The molecule has 0 unspecified atom stereocenters. The third kappa shape index (κ3) is 3.56. The van der Waals surface area contributed by atoms with E-state index in [1.54, 1.807) is 59.4 Å². The number of hydrogen-bond acceptors (Lipinski definition) is 4. The summed E-state index contributed by atoms with van der Waals surface area (Å²) in [6, 6.07) is 12.2. The van der Waals surface area contributed by atoms with Crippen LogP contribution >= 0.6 is 34.5 Å². The smallest absolute Gasteiger partial charge is 0.337 e. The first-order valence-electron chi connectivity index (χ1n) is 10.4. The lowest BCUT2D eigenvalue weighted by atomic mass is 9.97. The van der Waals surface area contributed by atoms with Gasteiger partial charge in [-0.05, 0) is 73.2 Å². The van der Waals surface area contributed by atoms with Crippen molar-refractivity contribution in [1.82, 2.24) is 9.13 Å². The molecule has 2 aromatic carbocycles. The summed E-state index contributed by atoms with van der Waals surface area (Å²) in [7, 11) is 1.58. The van der Waals surface area contributed by atoms with Crippen LogP contribution in [0.4, 0.5) is 0 Å². The second-order valence-corrected chi connectivity index (χ2v) is 9.76. The topological polar surface area (TPSA) is 53.2 Å². The van der Waals surface area contributed by atoms with E-state index in [0.717, 1.165) is 36.8 Å². The number of methoxy groups -OCH3 is 1. The van der Waals surface area contributed by atoms with Crippen molar-refractivity contribution in [2.24, 2.45) is 0 Å². The Labute approximate surface area is 198 Å². The molecule has 0 spiro atoms. The van der Waals surface area contributed by atoms with Gasteiger partial charge < -0.3 is 4.74 Å². The van der Waals surface area contributed by atoms with Gasteiger partial charge in [-0.15, -0.1) is 11.3 Å². The molecule has 1 aliphatic rings. The fraction of sp³-hybridized carbons (Fsp3) is 0.250. The fourth-order valence-electron chi connectivity index (χ4n) is 4.29. The van der Waals surface area contributed by atoms with Crippen molar-refractivity contribution in [3.05, 3.63) is 89.4 Å². The van der Waals surface area contributed by atoms with Crippen molar-refractivity contribution in [2.45, 2.75) is 32.2 Å². The van der Waals surface area contributed by atoms with Crippen LogP contribution in [-0.4, -0.2) is 16.2 Å². The number of fused-ring (bicyclic) bond motifs is 3. The van der Waals surface area contributed by atoms with Crippen LogP contribution in [-0.2, 0) is 19.4 Å². The van der Waals surface area contributed by atoms with E-state index in [2.05, 4.69) is 0 Å². The Hall–Kier alpha value is -2.54. The molecular weight excluding hydrogens is 467 g/mol. The Morgan fingerprint density at radius 1 is 1.03 bits per heavy atom. The first kappa shape index (κ1) is 21.3. The molecule has 0 atom stereocenters. The van der Waals surface area contributed by atoms with Gasteiger partial charge in [-0.1, -0.05) is 29.3 Å². The van der Waals surface area contributed by atoms with E-state index in [9.17, 15) is 9.59 Å². The summed E-state index contributed by atoms with van der Waals surface area (Å²) in [5.74, 6) is 0.657. The second-order valence-electron chi connectivity index (χ2n) is 7.83. The lowest BCUT2D eigenvalue weighted by molar-refractivity contribution is 0.414. The predicted octanol–water partition coefficient (Wildman–Crippen LogP) is 5.46. The van der Waals surface area contributed by atoms with Gasteiger partial charge in [0.05, 0.1) is 24.7 Å². The quantitative estimate of drug-likeness (QED) is 0.385. The number of halogens is 2. The Kier molecular flexibility index (Phi) is 5.61. The molecule has 0 amide bonds. The van der Waals surface area contributed by atoms with Gasteiger partial charge in [0.25, 0.3) is 5.56 Å². The zero-order valence-corrected chi connectivity index (χ0v) is 19.7. The average Bonchev–Trinajstić information content (AvgIpc) is 3.18.